The Kier molecular flexibility index (Phi) is 8.70. The molecule has 0 amide bonds. The van der Waals surface area contributed by atoms with Crippen LogP contribution in [-0.4, -0.2) is 4.57 Å². The zero-order valence-corrected chi connectivity index (χ0v) is 31.0. The molecular formula is C54H40N2. The van der Waals surface area contributed by atoms with Gasteiger partial charge in [-0.3, -0.25) is 0 Å². The van der Waals surface area contributed by atoms with Crippen molar-refractivity contribution in [2.75, 3.05) is 4.90 Å². The molecule has 2 heteroatoms. The average Bonchev–Trinajstić information content (AvgIpc) is 3.62. The second-order valence-corrected chi connectivity index (χ2v) is 14.5. The summed E-state index contributed by atoms with van der Waals surface area (Å²) >= 11 is 0. The van der Waals surface area contributed by atoms with Gasteiger partial charge in [0.2, 0.25) is 0 Å². The van der Waals surface area contributed by atoms with E-state index in [2.05, 4.69) is 234 Å². The molecule has 10 rings (SSSR count). The van der Waals surface area contributed by atoms with Gasteiger partial charge in [0.05, 0.1) is 11.0 Å². The molecule has 1 aliphatic rings. The molecule has 1 unspecified atom stereocenters. The average molecular weight is 717 g/mol. The molecule has 0 aliphatic heterocycles. The molecule has 8 aromatic carbocycles. The van der Waals surface area contributed by atoms with Crippen molar-refractivity contribution in [2.24, 2.45) is 0 Å². The molecule has 0 N–H and O–H groups in total. The highest BCUT2D eigenvalue weighted by Crippen LogP contribution is 2.39. The van der Waals surface area contributed by atoms with E-state index in [1.54, 1.807) is 0 Å². The number of fused-ring (bicyclic) bond motifs is 3. The normalized spacial score (nSPS) is 13.7. The quantitative estimate of drug-likeness (QED) is 0.152. The first-order chi connectivity index (χ1) is 27.8. The minimum atomic E-state index is 0.402. The van der Waals surface area contributed by atoms with Gasteiger partial charge in [0, 0.05) is 39.4 Å². The van der Waals surface area contributed by atoms with Crippen LogP contribution >= 0.6 is 0 Å². The first-order valence-corrected chi connectivity index (χ1v) is 19.5. The topological polar surface area (TPSA) is 8.17 Å². The molecule has 1 aromatic heterocycles. The fraction of sp³-hybridized carbons (Fsp3) is 0.0370. The lowest BCUT2D eigenvalue weighted by Crippen LogP contribution is -2.09. The summed E-state index contributed by atoms with van der Waals surface area (Å²) < 4.78 is 2.42. The number of hydrogen-bond donors (Lipinski definition) is 0. The van der Waals surface area contributed by atoms with Crippen LogP contribution in [-0.2, 0) is 0 Å². The van der Waals surface area contributed by atoms with Crippen molar-refractivity contribution in [2.45, 2.75) is 12.3 Å². The van der Waals surface area contributed by atoms with Crippen LogP contribution < -0.4 is 4.90 Å². The third-order valence-corrected chi connectivity index (χ3v) is 11.2. The van der Waals surface area contributed by atoms with Gasteiger partial charge in [0.25, 0.3) is 0 Å². The van der Waals surface area contributed by atoms with Crippen LogP contribution in [0.3, 0.4) is 0 Å². The van der Waals surface area contributed by atoms with Crippen molar-refractivity contribution in [3.8, 4) is 39.1 Å². The van der Waals surface area contributed by atoms with E-state index < -0.39 is 0 Å². The summed E-state index contributed by atoms with van der Waals surface area (Å²) in [5.74, 6) is 0.402. The van der Waals surface area contributed by atoms with Gasteiger partial charge in [-0.25, -0.2) is 0 Å². The van der Waals surface area contributed by atoms with Crippen molar-refractivity contribution in [3.05, 3.63) is 230 Å². The lowest BCUT2D eigenvalue weighted by atomic mass is 9.92. The van der Waals surface area contributed by atoms with Crippen LogP contribution in [0.15, 0.2) is 224 Å². The van der Waals surface area contributed by atoms with Crippen LogP contribution in [0.2, 0.25) is 0 Å². The molecule has 1 heterocycles. The van der Waals surface area contributed by atoms with E-state index in [0.29, 0.717) is 5.92 Å². The van der Waals surface area contributed by atoms with Crippen LogP contribution in [0.1, 0.15) is 17.9 Å². The molecule has 0 fully saturated rings. The van der Waals surface area contributed by atoms with Crippen LogP contribution in [0, 0.1) is 0 Å². The van der Waals surface area contributed by atoms with E-state index in [0.717, 1.165) is 29.2 Å². The van der Waals surface area contributed by atoms with Crippen molar-refractivity contribution in [1.29, 1.82) is 0 Å². The summed E-state index contributed by atoms with van der Waals surface area (Å²) in [6.45, 7) is 0. The van der Waals surface area contributed by atoms with Gasteiger partial charge in [0.1, 0.15) is 0 Å². The number of rotatable bonds is 8. The Bertz CT molecular complexity index is 2740. The number of aromatic nitrogens is 1. The lowest BCUT2D eigenvalue weighted by molar-refractivity contribution is 0.855. The predicted octanol–water partition coefficient (Wildman–Crippen LogP) is 14.9. The molecule has 266 valence electrons. The zero-order valence-electron chi connectivity index (χ0n) is 31.0. The Morgan fingerprint density at radius 1 is 0.393 bits per heavy atom. The number of allylic oxidation sites excluding steroid dienone is 4. The molecule has 0 radical (unpaired) electrons. The maximum Gasteiger partial charge on any atom is 0.0544 e. The molecule has 56 heavy (non-hydrogen) atoms. The van der Waals surface area contributed by atoms with Gasteiger partial charge in [-0.15, -0.1) is 0 Å². The Labute approximate surface area is 328 Å². The van der Waals surface area contributed by atoms with Gasteiger partial charge in [-0.05, 0) is 106 Å². The van der Waals surface area contributed by atoms with Crippen molar-refractivity contribution >= 4 is 38.9 Å². The molecular weight excluding hydrogens is 677 g/mol. The molecule has 1 atom stereocenters. The van der Waals surface area contributed by atoms with Crippen LogP contribution in [0.4, 0.5) is 17.1 Å². The smallest absolute Gasteiger partial charge is 0.0544 e. The highest BCUT2D eigenvalue weighted by Gasteiger charge is 2.17. The molecule has 9 aromatic rings. The van der Waals surface area contributed by atoms with E-state index in [1.165, 1.54) is 60.8 Å². The van der Waals surface area contributed by atoms with E-state index in [-0.39, 0.29) is 0 Å². The fourth-order valence-electron chi connectivity index (χ4n) is 8.24. The van der Waals surface area contributed by atoms with E-state index >= 15 is 0 Å². The first kappa shape index (κ1) is 33.4. The second-order valence-electron chi connectivity index (χ2n) is 14.5. The summed E-state index contributed by atoms with van der Waals surface area (Å²) in [6, 6.07) is 72.7. The number of anilines is 3. The standard InChI is InChI=1S/C54H40N2/c1-4-12-39(13-5-1)42-20-29-47(30-21-42)55(48-31-22-43(23-32-48)40-14-6-2-7-15-40)49-33-24-44(25-34-49)45-26-35-50(36-27-45)56-53-19-11-10-18-51(53)52-37-28-46(38-54(52)56)41-16-8-3-9-17-41/h1-16,18-38,41H,17H2. The monoisotopic (exact) mass is 716 g/mol. The van der Waals surface area contributed by atoms with Gasteiger partial charge in [-0.1, -0.05) is 164 Å². The Morgan fingerprint density at radius 2 is 0.857 bits per heavy atom. The molecule has 0 saturated heterocycles. The summed E-state index contributed by atoms with van der Waals surface area (Å²) in [4.78, 5) is 2.34. The highest BCUT2D eigenvalue weighted by molar-refractivity contribution is 6.09. The van der Waals surface area contributed by atoms with E-state index in [4.69, 9.17) is 0 Å². The Morgan fingerprint density at radius 3 is 1.38 bits per heavy atom. The third-order valence-electron chi connectivity index (χ3n) is 11.2. The number of benzene rings is 8. The largest absolute Gasteiger partial charge is 0.311 e. The first-order valence-electron chi connectivity index (χ1n) is 19.5. The van der Waals surface area contributed by atoms with E-state index in [9.17, 15) is 0 Å². The van der Waals surface area contributed by atoms with Crippen LogP contribution in [0.5, 0.6) is 0 Å². The SMILES string of the molecule is C1=CCC(c2ccc3c4ccccc4n(-c4ccc(-c5ccc(N(c6ccc(-c7ccccc7)cc6)c6ccc(-c7ccccc7)cc6)cc5)cc4)c3c2)C=C1. The zero-order chi connectivity index (χ0) is 37.3. The van der Waals surface area contributed by atoms with Gasteiger partial charge >= 0.3 is 0 Å². The fourth-order valence-corrected chi connectivity index (χ4v) is 8.24. The minimum absolute atomic E-state index is 0.402. The number of para-hydroxylation sites is 1. The van der Waals surface area contributed by atoms with Crippen molar-refractivity contribution in [1.82, 2.24) is 4.57 Å². The molecule has 0 bridgehead atoms. The van der Waals surface area contributed by atoms with E-state index in [1.807, 2.05) is 0 Å². The maximum absolute atomic E-state index is 2.42. The molecule has 2 nitrogen and oxygen atoms in total. The Balaban J connectivity index is 0.983. The molecule has 1 aliphatic carbocycles. The summed E-state index contributed by atoms with van der Waals surface area (Å²) in [6.07, 6.45) is 9.93. The molecule has 0 spiro atoms. The second kappa shape index (κ2) is 14.6. The van der Waals surface area contributed by atoms with Crippen molar-refractivity contribution in [3.63, 3.8) is 0 Å². The van der Waals surface area contributed by atoms with Gasteiger partial charge in [-0.2, -0.15) is 0 Å². The Hall–Kier alpha value is -7.16. The molecule has 0 saturated carbocycles. The third kappa shape index (κ3) is 6.32. The number of hydrogen-bond acceptors (Lipinski definition) is 1. The maximum atomic E-state index is 2.42. The van der Waals surface area contributed by atoms with Gasteiger partial charge in [0.15, 0.2) is 0 Å². The number of nitrogens with zero attached hydrogens (tertiary/aromatic N) is 2. The summed E-state index contributed by atoms with van der Waals surface area (Å²) in [7, 11) is 0. The lowest BCUT2D eigenvalue weighted by Gasteiger charge is -2.26. The predicted molar refractivity (Wildman–Crippen MR) is 237 cm³/mol. The van der Waals surface area contributed by atoms with Crippen LogP contribution in [0.25, 0.3) is 60.9 Å². The summed E-state index contributed by atoms with van der Waals surface area (Å²) in [5, 5.41) is 2.56. The minimum Gasteiger partial charge on any atom is -0.311 e. The summed E-state index contributed by atoms with van der Waals surface area (Å²) in [5.41, 5.74) is 15.5. The van der Waals surface area contributed by atoms with Crippen molar-refractivity contribution < 1.29 is 0 Å². The van der Waals surface area contributed by atoms with Gasteiger partial charge < -0.3 is 9.47 Å². The highest BCUT2D eigenvalue weighted by atomic mass is 15.1.